The molecule has 0 rings (SSSR count). The highest BCUT2D eigenvalue weighted by Gasteiger charge is 2.52. The topological polar surface area (TPSA) is 160 Å². The van der Waals surface area contributed by atoms with E-state index in [4.69, 9.17) is 11.5 Å². The predicted molar refractivity (Wildman–Crippen MR) is 190 cm³/mol. The molecule has 0 fully saturated rings. The van der Waals surface area contributed by atoms with Crippen LogP contribution in [0.5, 0.6) is 0 Å². The number of nitrogens with zero attached hydrogens (tertiary/aromatic N) is 1. The Morgan fingerprint density at radius 3 is 1.67 bits per heavy atom. The summed E-state index contributed by atoms with van der Waals surface area (Å²) in [6, 6.07) is 0. The van der Waals surface area contributed by atoms with E-state index < -0.39 is 21.7 Å². The van der Waals surface area contributed by atoms with Crippen LogP contribution in [0, 0.1) is 44.8 Å². The maximum atomic E-state index is 14.2. The molecule has 4 amide bonds. The molecule has 0 aromatic rings. The fourth-order valence-corrected chi connectivity index (χ4v) is 6.08. The molecule has 0 saturated heterocycles. The average Bonchev–Trinajstić information content (AvgIpc) is 2.94. The third kappa shape index (κ3) is 11.8. The Bertz CT molecular complexity index is 997. The molecule has 3 unspecified atom stereocenters. The first-order valence-electron chi connectivity index (χ1n) is 17.3. The Kier molecular flexibility index (Phi) is 17.0. The quantitative estimate of drug-likeness (QED) is 0.123. The molecule has 0 aliphatic carbocycles. The predicted octanol–water partition coefficient (Wildman–Crippen LogP) is 4.31. The van der Waals surface area contributed by atoms with E-state index >= 15 is 0 Å². The van der Waals surface area contributed by atoms with E-state index in [0.29, 0.717) is 39.0 Å². The van der Waals surface area contributed by atoms with Gasteiger partial charge in [0.25, 0.3) is 0 Å². The average molecular weight is 653 g/mol. The number of nitrogens with two attached hydrogens (primary N) is 2. The molecule has 0 spiro atoms. The largest absolute Gasteiger partial charge is 0.356 e. The summed E-state index contributed by atoms with van der Waals surface area (Å²) in [5, 5.41) is 8.98. The zero-order valence-electron chi connectivity index (χ0n) is 32.0. The highest BCUT2D eigenvalue weighted by Crippen LogP contribution is 2.55. The molecule has 0 aromatic heterocycles. The maximum absolute atomic E-state index is 14.2. The number of hydrogen-bond donors (Lipinski definition) is 5. The minimum absolute atomic E-state index is 0.00456. The molecule has 0 bridgehead atoms. The van der Waals surface area contributed by atoms with Gasteiger partial charge in [-0.05, 0) is 59.7 Å². The number of hydrogen-bond acceptors (Lipinski definition) is 6. The number of amides is 4. The smallest absolute Gasteiger partial charge is 0.233 e. The second-order valence-corrected chi connectivity index (χ2v) is 16.9. The standard InChI is InChI=1S/C36H72N6O4/c1-25(34(7,8)36(11,12)31(46)41-21-18-37)22-26(29(44)40-20-17-15-16-19-39-28(43)24-38)35(9,10)33(5,6)23-27(32(2,3)4)30(45)42(13)14/h25-27H,15-24,37-38H2,1-14H3,(H,39,43)(H,40,44)(H,41,46). The summed E-state index contributed by atoms with van der Waals surface area (Å²) in [5.41, 5.74) is 8.70. The van der Waals surface area contributed by atoms with E-state index in [9.17, 15) is 19.2 Å². The monoisotopic (exact) mass is 653 g/mol. The van der Waals surface area contributed by atoms with Gasteiger partial charge in [0.2, 0.25) is 23.6 Å². The summed E-state index contributed by atoms with van der Waals surface area (Å²) in [7, 11) is 3.60. The van der Waals surface area contributed by atoms with E-state index in [1.165, 1.54) is 0 Å². The van der Waals surface area contributed by atoms with Gasteiger partial charge in [-0.15, -0.1) is 0 Å². The van der Waals surface area contributed by atoms with Crippen LogP contribution in [0.4, 0.5) is 0 Å². The van der Waals surface area contributed by atoms with Crippen molar-refractivity contribution in [2.75, 3.05) is 46.8 Å². The SMILES string of the molecule is CC(CC(C(=O)NCCCCCNC(=O)CN)C(C)(C)C(C)(C)CC(C(=O)N(C)C)C(C)(C)C)C(C)(C)C(C)(C)C(=O)NCCN. The molecule has 0 heterocycles. The van der Waals surface area contributed by atoms with Gasteiger partial charge in [-0.1, -0.05) is 83.1 Å². The molecule has 0 aliphatic heterocycles. The van der Waals surface area contributed by atoms with Crippen LogP contribution in [0.1, 0.15) is 115 Å². The van der Waals surface area contributed by atoms with Crippen LogP contribution in [-0.4, -0.2) is 75.3 Å². The molecule has 0 radical (unpaired) electrons. The summed E-state index contributed by atoms with van der Waals surface area (Å²) in [4.78, 5) is 54.0. The van der Waals surface area contributed by atoms with Gasteiger partial charge < -0.3 is 32.3 Å². The molecular formula is C36H72N6O4. The third-order valence-corrected chi connectivity index (χ3v) is 11.5. The normalized spacial score (nSPS) is 15.0. The van der Waals surface area contributed by atoms with E-state index in [1.807, 2.05) is 13.8 Å². The molecule has 0 saturated carbocycles. The van der Waals surface area contributed by atoms with Crippen LogP contribution in [0.3, 0.4) is 0 Å². The molecule has 270 valence electrons. The van der Waals surface area contributed by atoms with E-state index in [1.54, 1.807) is 19.0 Å². The van der Waals surface area contributed by atoms with Gasteiger partial charge in [0.1, 0.15) is 0 Å². The van der Waals surface area contributed by atoms with Crippen molar-refractivity contribution in [1.82, 2.24) is 20.9 Å². The van der Waals surface area contributed by atoms with Gasteiger partial charge >= 0.3 is 0 Å². The van der Waals surface area contributed by atoms with E-state index in [2.05, 4.69) is 85.2 Å². The van der Waals surface area contributed by atoms with Crippen molar-refractivity contribution < 1.29 is 19.2 Å². The van der Waals surface area contributed by atoms with Gasteiger partial charge in [-0.2, -0.15) is 0 Å². The molecule has 10 nitrogen and oxygen atoms in total. The van der Waals surface area contributed by atoms with Crippen molar-refractivity contribution in [2.24, 2.45) is 56.3 Å². The number of carbonyl (C=O) groups is 4. The van der Waals surface area contributed by atoms with Crippen molar-refractivity contribution in [3.63, 3.8) is 0 Å². The highest BCUT2D eigenvalue weighted by atomic mass is 16.2. The first-order chi connectivity index (χ1) is 20.8. The van der Waals surface area contributed by atoms with Crippen LogP contribution >= 0.6 is 0 Å². The molecule has 10 heteroatoms. The zero-order valence-corrected chi connectivity index (χ0v) is 32.0. The summed E-state index contributed by atoms with van der Waals surface area (Å²) < 4.78 is 0. The lowest BCUT2D eigenvalue weighted by Crippen LogP contribution is -2.53. The Morgan fingerprint density at radius 2 is 1.22 bits per heavy atom. The molecule has 0 aliphatic rings. The van der Waals surface area contributed by atoms with Crippen LogP contribution in [0.25, 0.3) is 0 Å². The fourth-order valence-electron chi connectivity index (χ4n) is 6.08. The summed E-state index contributed by atoms with van der Waals surface area (Å²) in [5.74, 6) is -0.719. The second kappa shape index (κ2) is 17.8. The lowest BCUT2D eigenvalue weighted by Gasteiger charge is -2.52. The van der Waals surface area contributed by atoms with Gasteiger partial charge in [0, 0.05) is 57.5 Å². The van der Waals surface area contributed by atoms with Crippen LogP contribution in [-0.2, 0) is 19.2 Å². The molecule has 3 atom stereocenters. The Labute approximate surface area is 281 Å². The van der Waals surface area contributed by atoms with Crippen molar-refractivity contribution in [1.29, 1.82) is 0 Å². The van der Waals surface area contributed by atoms with Gasteiger partial charge in [-0.3, -0.25) is 19.2 Å². The Morgan fingerprint density at radius 1 is 0.696 bits per heavy atom. The molecule has 7 N–H and O–H groups in total. The highest BCUT2D eigenvalue weighted by molar-refractivity contribution is 5.83. The summed E-state index contributed by atoms with van der Waals surface area (Å²) in [6.07, 6.45) is 3.67. The number of unbranched alkanes of at least 4 members (excludes halogenated alkanes) is 2. The van der Waals surface area contributed by atoms with Crippen molar-refractivity contribution >= 4 is 23.6 Å². The number of rotatable bonds is 20. The Hall–Kier alpha value is -2.20. The summed E-state index contributed by atoms with van der Waals surface area (Å²) >= 11 is 0. The third-order valence-electron chi connectivity index (χ3n) is 11.5. The Balaban J connectivity index is 6.36. The first-order valence-corrected chi connectivity index (χ1v) is 17.3. The molecule has 46 heavy (non-hydrogen) atoms. The van der Waals surface area contributed by atoms with Crippen molar-refractivity contribution in [2.45, 2.75) is 115 Å². The number of carbonyl (C=O) groups excluding carboxylic acids is 4. The van der Waals surface area contributed by atoms with Crippen molar-refractivity contribution in [3.8, 4) is 0 Å². The maximum Gasteiger partial charge on any atom is 0.233 e. The molecular weight excluding hydrogens is 580 g/mol. The van der Waals surface area contributed by atoms with Crippen LogP contribution in [0.15, 0.2) is 0 Å². The van der Waals surface area contributed by atoms with Gasteiger partial charge in [0.05, 0.1) is 6.54 Å². The summed E-state index contributed by atoms with van der Waals surface area (Å²) in [6.45, 7) is 27.2. The lowest BCUT2D eigenvalue weighted by atomic mass is 9.53. The van der Waals surface area contributed by atoms with Gasteiger partial charge in [0.15, 0.2) is 0 Å². The van der Waals surface area contributed by atoms with E-state index in [-0.39, 0.29) is 53.3 Å². The van der Waals surface area contributed by atoms with Crippen LogP contribution < -0.4 is 27.4 Å². The first kappa shape index (κ1) is 43.8. The lowest BCUT2D eigenvalue weighted by molar-refractivity contribution is -0.143. The fraction of sp³-hybridized carbons (Fsp3) is 0.889. The minimum atomic E-state index is -0.711. The van der Waals surface area contributed by atoms with Crippen LogP contribution in [0.2, 0.25) is 0 Å². The van der Waals surface area contributed by atoms with E-state index in [0.717, 1.165) is 19.3 Å². The number of nitrogens with one attached hydrogen (secondary N) is 3. The van der Waals surface area contributed by atoms with Crippen molar-refractivity contribution in [3.05, 3.63) is 0 Å². The minimum Gasteiger partial charge on any atom is -0.356 e. The second-order valence-electron chi connectivity index (χ2n) is 16.9. The zero-order chi connectivity index (χ0) is 36.3. The van der Waals surface area contributed by atoms with Gasteiger partial charge in [-0.25, -0.2) is 0 Å². The molecule has 0 aromatic carbocycles.